The smallest absolute Gasteiger partial charge is 0.284 e. The Morgan fingerprint density at radius 1 is 1.44 bits per heavy atom. The monoisotopic (exact) mass is 252 g/mol. The molecule has 0 atom stereocenters. The van der Waals surface area contributed by atoms with Gasteiger partial charge in [0.05, 0.1) is 6.54 Å². The molecular formula is C12H20N4O2. The van der Waals surface area contributed by atoms with Crippen molar-refractivity contribution in [2.45, 2.75) is 20.4 Å². The van der Waals surface area contributed by atoms with Crippen molar-refractivity contribution in [1.82, 2.24) is 10.6 Å². The van der Waals surface area contributed by atoms with Gasteiger partial charge in [0, 0.05) is 13.6 Å². The van der Waals surface area contributed by atoms with Gasteiger partial charge in [-0.05, 0) is 18.1 Å². The van der Waals surface area contributed by atoms with Crippen molar-refractivity contribution in [2.24, 2.45) is 16.6 Å². The number of primary amides is 1. The maximum atomic E-state index is 10.9. The Labute approximate surface area is 107 Å². The van der Waals surface area contributed by atoms with Crippen LogP contribution < -0.4 is 16.4 Å². The Balaban J connectivity index is 2.44. The molecule has 0 saturated heterocycles. The molecule has 0 aliphatic heterocycles. The number of nitrogens with one attached hydrogen (secondary N) is 2. The Morgan fingerprint density at radius 3 is 2.67 bits per heavy atom. The quantitative estimate of drug-likeness (QED) is 0.531. The molecule has 1 rings (SSSR count). The maximum Gasteiger partial charge on any atom is 0.284 e. The Kier molecular flexibility index (Phi) is 5.23. The van der Waals surface area contributed by atoms with E-state index in [1.54, 1.807) is 19.2 Å². The summed E-state index contributed by atoms with van der Waals surface area (Å²) in [4.78, 5) is 14.9. The molecule has 18 heavy (non-hydrogen) atoms. The minimum Gasteiger partial charge on any atom is -0.454 e. The van der Waals surface area contributed by atoms with E-state index in [-0.39, 0.29) is 5.76 Å². The third-order valence-electron chi connectivity index (χ3n) is 2.24. The van der Waals surface area contributed by atoms with Crippen molar-refractivity contribution in [3.05, 3.63) is 23.7 Å². The molecule has 1 aromatic heterocycles. The van der Waals surface area contributed by atoms with Crippen LogP contribution in [-0.4, -0.2) is 25.5 Å². The van der Waals surface area contributed by atoms with E-state index in [2.05, 4.69) is 29.5 Å². The summed E-state index contributed by atoms with van der Waals surface area (Å²) in [6, 6.07) is 3.27. The Hall–Kier alpha value is -1.98. The molecule has 0 fully saturated rings. The highest BCUT2D eigenvalue weighted by Gasteiger charge is 2.07. The van der Waals surface area contributed by atoms with Gasteiger partial charge in [-0.2, -0.15) is 0 Å². The van der Waals surface area contributed by atoms with Gasteiger partial charge >= 0.3 is 0 Å². The zero-order valence-corrected chi connectivity index (χ0v) is 11.0. The molecule has 0 bridgehead atoms. The van der Waals surface area contributed by atoms with Crippen LogP contribution >= 0.6 is 0 Å². The van der Waals surface area contributed by atoms with Crippen molar-refractivity contribution in [1.29, 1.82) is 0 Å². The molecule has 100 valence electrons. The number of nitrogens with two attached hydrogens (primary N) is 1. The summed E-state index contributed by atoms with van der Waals surface area (Å²) >= 11 is 0. The zero-order valence-electron chi connectivity index (χ0n) is 11.0. The number of amides is 1. The minimum atomic E-state index is -0.566. The van der Waals surface area contributed by atoms with Crippen LogP contribution in [-0.2, 0) is 6.54 Å². The second-order valence-electron chi connectivity index (χ2n) is 4.33. The topological polar surface area (TPSA) is 92.6 Å². The van der Waals surface area contributed by atoms with Crippen molar-refractivity contribution in [2.75, 3.05) is 13.6 Å². The van der Waals surface area contributed by atoms with Crippen LogP contribution in [0, 0.1) is 5.92 Å². The number of aliphatic imine (C=N–C) groups is 1. The van der Waals surface area contributed by atoms with Crippen LogP contribution in [0.15, 0.2) is 21.5 Å². The van der Waals surface area contributed by atoms with E-state index >= 15 is 0 Å². The van der Waals surface area contributed by atoms with Crippen LogP contribution in [0.2, 0.25) is 0 Å². The first-order chi connectivity index (χ1) is 8.52. The SMILES string of the molecule is CN=C(NCc1ccc(C(N)=O)o1)NCC(C)C. The average Bonchev–Trinajstić information content (AvgIpc) is 2.78. The average molecular weight is 252 g/mol. The largest absolute Gasteiger partial charge is 0.454 e. The normalized spacial score (nSPS) is 11.7. The highest BCUT2D eigenvalue weighted by molar-refractivity contribution is 5.89. The first kappa shape index (κ1) is 14.1. The molecule has 0 aliphatic rings. The lowest BCUT2D eigenvalue weighted by Gasteiger charge is -2.12. The van der Waals surface area contributed by atoms with Crippen LogP contribution in [0.1, 0.15) is 30.2 Å². The van der Waals surface area contributed by atoms with Gasteiger partial charge in [-0.15, -0.1) is 0 Å². The fraction of sp³-hybridized carbons (Fsp3) is 0.500. The number of carbonyl (C=O) groups is 1. The number of guanidine groups is 1. The van der Waals surface area contributed by atoms with Crippen molar-refractivity contribution < 1.29 is 9.21 Å². The van der Waals surface area contributed by atoms with Crippen LogP contribution in [0.3, 0.4) is 0 Å². The molecule has 0 saturated carbocycles. The molecule has 0 aliphatic carbocycles. The number of rotatable bonds is 5. The Morgan fingerprint density at radius 2 is 2.17 bits per heavy atom. The fourth-order valence-corrected chi connectivity index (χ4v) is 1.30. The summed E-state index contributed by atoms with van der Waals surface area (Å²) in [7, 11) is 1.70. The molecule has 0 spiro atoms. The van der Waals surface area contributed by atoms with Crippen molar-refractivity contribution in [3.63, 3.8) is 0 Å². The van der Waals surface area contributed by atoms with E-state index in [1.807, 2.05) is 0 Å². The second-order valence-corrected chi connectivity index (χ2v) is 4.33. The summed E-state index contributed by atoms with van der Waals surface area (Å²) in [6.07, 6.45) is 0. The molecule has 4 N–H and O–H groups in total. The number of furan rings is 1. The van der Waals surface area contributed by atoms with Crippen molar-refractivity contribution in [3.8, 4) is 0 Å². The standard InChI is InChI=1S/C12H20N4O2/c1-8(2)6-15-12(14-3)16-7-9-4-5-10(18-9)11(13)17/h4-5,8H,6-7H2,1-3H3,(H2,13,17)(H2,14,15,16). The Bertz CT molecular complexity index is 423. The van der Waals surface area contributed by atoms with E-state index in [4.69, 9.17) is 10.2 Å². The number of hydrogen-bond acceptors (Lipinski definition) is 3. The molecule has 0 unspecified atom stereocenters. The molecular weight excluding hydrogens is 232 g/mol. The predicted molar refractivity (Wildman–Crippen MR) is 70.3 cm³/mol. The summed E-state index contributed by atoms with van der Waals surface area (Å²) in [5.41, 5.74) is 5.10. The fourth-order valence-electron chi connectivity index (χ4n) is 1.30. The van der Waals surface area contributed by atoms with Gasteiger partial charge in [0.15, 0.2) is 11.7 Å². The molecule has 1 heterocycles. The third-order valence-corrected chi connectivity index (χ3v) is 2.24. The lowest BCUT2D eigenvalue weighted by Crippen LogP contribution is -2.38. The third kappa shape index (κ3) is 4.48. The van der Waals surface area contributed by atoms with Gasteiger partial charge in [0.2, 0.25) is 0 Å². The molecule has 6 heteroatoms. The number of hydrogen-bond donors (Lipinski definition) is 3. The van der Waals surface area contributed by atoms with Gasteiger partial charge in [-0.1, -0.05) is 13.8 Å². The summed E-state index contributed by atoms with van der Waals surface area (Å²) in [5, 5.41) is 6.26. The number of carbonyl (C=O) groups excluding carboxylic acids is 1. The highest BCUT2D eigenvalue weighted by Crippen LogP contribution is 2.06. The molecule has 1 aromatic rings. The van der Waals surface area contributed by atoms with E-state index in [1.165, 1.54) is 0 Å². The second kappa shape index (κ2) is 6.68. The van der Waals surface area contributed by atoms with E-state index < -0.39 is 5.91 Å². The van der Waals surface area contributed by atoms with Crippen molar-refractivity contribution >= 4 is 11.9 Å². The summed E-state index contributed by atoms with van der Waals surface area (Å²) in [6.45, 7) is 5.52. The lowest BCUT2D eigenvalue weighted by atomic mass is 10.2. The first-order valence-corrected chi connectivity index (χ1v) is 5.86. The predicted octanol–water partition coefficient (Wildman–Crippen LogP) is 0.699. The summed E-state index contributed by atoms with van der Waals surface area (Å²) in [5.74, 6) is 1.46. The van der Waals surface area contributed by atoms with Gasteiger partial charge in [-0.3, -0.25) is 9.79 Å². The summed E-state index contributed by atoms with van der Waals surface area (Å²) < 4.78 is 5.25. The van der Waals surface area contributed by atoms with E-state index in [0.29, 0.717) is 24.2 Å². The van der Waals surface area contributed by atoms with Crippen LogP contribution in [0.25, 0.3) is 0 Å². The van der Waals surface area contributed by atoms with Gasteiger partial charge in [0.1, 0.15) is 5.76 Å². The van der Waals surface area contributed by atoms with Gasteiger partial charge < -0.3 is 20.8 Å². The van der Waals surface area contributed by atoms with Crippen LogP contribution in [0.4, 0.5) is 0 Å². The minimum absolute atomic E-state index is 0.164. The maximum absolute atomic E-state index is 10.9. The van der Waals surface area contributed by atoms with Gasteiger partial charge in [-0.25, -0.2) is 0 Å². The molecule has 6 nitrogen and oxygen atoms in total. The number of nitrogens with zero attached hydrogens (tertiary/aromatic N) is 1. The highest BCUT2D eigenvalue weighted by atomic mass is 16.3. The molecule has 0 radical (unpaired) electrons. The first-order valence-electron chi connectivity index (χ1n) is 5.86. The molecule has 0 aromatic carbocycles. The van der Waals surface area contributed by atoms with Crippen LogP contribution in [0.5, 0.6) is 0 Å². The molecule has 1 amide bonds. The van der Waals surface area contributed by atoms with Gasteiger partial charge in [0.25, 0.3) is 5.91 Å². The van der Waals surface area contributed by atoms with E-state index in [9.17, 15) is 4.79 Å². The van der Waals surface area contributed by atoms with E-state index in [0.717, 1.165) is 6.54 Å². The lowest BCUT2D eigenvalue weighted by molar-refractivity contribution is 0.0972. The zero-order chi connectivity index (χ0) is 13.5.